The van der Waals surface area contributed by atoms with Crippen LogP contribution < -0.4 is 4.74 Å². The smallest absolute Gasteiger partial charge is 0.266 e. The summed E-state index contributed by atoms with van der Waals surface area (Å²) >= 11 is 1.38. The Balaban J connectivity index is 1.90. The average Bonchev–Trinajstić information content (AvgIpc) is 2.87. The molecule has 0 bridgehead atoms. The van der Waals surface area contributed by atoms with Gasteiger partial charge in [0.1, 0.15) is 5.75 Å². The van der Waals surface area contributed by atoms with E-state index in [4.69, 9.17) is 4.74 Å². The number of hydrogen-bond acceptors (Lipinski definition) is 4. The van der Waals surface area contributed by atoms with E-state index in [1.165, 1.54) is 17.3 Å². The largest absolute Gasteiger partial charge is 0.493 e. The number of likely N-dealkylation sites (N-methyl/N-ethyl adjacent to an activating group) is 1. The van der Waals surface area contributed by atoms with Gasteiger partial charge in [0.25, 0.3) is 5.91 Å². The van der Waals surface area contributed by atoms with Gasteiger partial charge in [-0.3, -0.25) is 9.69 Å². The van der Waals surface area contributed by atoms with Gasteiger partial charge >= 0.3 is 0 Å². The fourth-order valence-electron chi connectivity index (χ4n) is 2.41. The molecule has 4 nitrogen and oxygen atoms in total. The van der Waals surface area contributed by atoms with Crippen LogP contribution in [0.3, 0.4) is 0 Å². The third-order valence-electron chi connectivity index (χ3n) is 3.77. The molecule has 0 atom stereocenters. The van der Waals surface area contributed by atoms with Gasteiger partial charge in [0, 0.05) is 12.6 Å². The SMILES string of the molecule is CCOc1ccccc1/C=C1\SC(=Nc2ccc(C)cc2)N(C)C1=O. The number of carbonyl (C=O) groups is 1. The second-order valence-corrected chi connectivity index (χ2v) is 6.68. The molecule has 0 radical (unpaired) electrons. The monoisotopic (exact) mass is 352 g/mol. The van der Waals surface area contributed by atoms with E-state index >= 15 is 0 Å². The number of hydrogen-bond donors (Lipinski definition) is 0. The molecular weight excluding hydrogens is 332 g/mol. The molecule has 25 heavy (non-hydrogen) atoms. The standard InChI is InChI=1S/C20H20N2O2S/c1-4-24-17-8-6-5-7-15(17)13-18-19(23)22(3)20(25-18)21-16-11-9-14(2)10-12-16/h5-13H,4H2,1-3H3/b18-13-,21-20?. The van der Waals surface area contributed by atoms with E-state index in [1.54, 1.807) is 11.9 Å². The summed E-state index contributed by atoms with van der Waals surface area (Å²) in [5.74, 6) is 0.722. The van der Waals surface area contributed by atoms with Gasteiger partial charge in [-0.2, -0.15) is 0 Å². The number of rotatable bonds is 4. The van der Waals surface area contributed by atoms with Crippen molar-refractivity contribution in [2.24, 2.45) is 4.99 Å². The second kappa shape index (κ2) is 7.57. The van der Waals surface area contributed by atoms with Gasteiger partial charge in [0.05, 0.1) is 17.2 Å². The molecule has 128 valence electrons. The first kappa shape index (κ1) is 17.3. The number of para-hydroxylation sites is 1. The highest BCUT2D eigenvalue weighted by Gasteiger charge is 2.30. The topological polar surface area (TPSA) is 41.9 Å². The minimum Gasteiger partial charge on any atom is -0.493 e. The Morgan fingerprint density at radius 3 is 2.60 bits per heavy atom. The van der Waals surface area contributed by atoms with Crippen LogP contribution in [0.2, 0.25) is 0 Å². The van der Waals surface area contributed by atoms with E-state index in [9.17, 15) is 4.79 Å². The number of aryl methyl sites for hydroxylation is 1. The molecule has 0 saturated carbocycles. The number of benzene rings is 2. The maximum absolute atomic E-state index is 12.5. The minimum atomic E-state index is -0.0536. The quantitative estimate of drug-likeness (QED) is 0.754. The first-order valence-electron chi connectivity index (χ1n) is 8.13. The maximum Gasteiger partial charge on any atom is 0.266 e. The molecule has 2 aromatic carbocycles. The third-order valence-corrected chi connectivity index (χ3v) is 4.83. The van der Waals surface area contributed by atoms with E-state index in [0.29, 0.717) is 16.7 Å². The van der Waals surface area contributed by atoms with Gasteiger partial charge in [0.15, 0.2) is 5.17 Å². The summed E-state index contributed by atoms with van der Waals surface area (Å²) in [6.07, 6.45) is 1.87. The zero-order chi connectivity index (χ0) is 17.8. The Bertz CT molecular complexity index is 841. The fourth-order valence-corrected chi connectivity index (χ4v) is 3.39. The number of ether oxygens (including phenoxy) is 1. The van der Waals surface area contributed by atoms with Crippen molar-refractivity contribution in [3.63, 3.8) is 0 Å². The summed E-state index contributed by atoms with van der Waals surface area (Å²) in [5, 5.41) is 0.675. The zero-order valence-electron chi connectivity index (χ0n) is 14.5. The molecule has 0 spiro atoms. The Kier molecular flexibility index (Phi) is 5.24. The molecule has 3 rings (SSSR count). The van der Waals surface area contributed by atoms with Gasteiger partial charge in [-0.15, -0.1) is 0 Å². The lowest BCUT2D eigenvalue weighted by atomic mass is 10.2. The Hall–Kier alpha value is -2.53. The zero-order valence-corrected chi connectivity index (χ0v) is 15.3. The average molecular weight is 352 g/mol. The molecular formula is C20H20N2O2S. The van der Waals surface area contributed by atoms with Crippen molar-refractivity contribution in [2.45, 2.75) is 13.8 Å². The molecule has 1 fully saturated rings. The number of aliphatic imine (C=N–C) groups is 1. The van der Waals surface area contributed by atoms with Crippen LogP contribution in [0.15, 0.2) is 58.4 Å². The van der Waals surface area contributed by atoms with Crippen LogP contribution in [0.5, 0.6) is 5.75 Å². The maximum atomic E-state index is 12.5. The number of carbonyl (C=O) groups excluding carboxylic acids is 1. The molecule has 1 aliphatic heterocycles. The summed E-state index contributed by atoms with van der Waals surface area (Å²) in [5.41, 5.74) is 2.91. The molecule has 1 heterocycles. The van der Waals surface area contributed by atoms with Crippen LogP contribution >= 0.6 is 11.8 Å². The van der Waals surface area contributed by atoms with Crippen LogP contribution in [-0.2, 0) is 4.79 Å². The third kappa shape index (κ3) is 3.94. The van der Waals surface area contributed by atoms with Crippen molar-refractivity contribution >= 4 is 34.6 Å². The Morgan fingerprint density at radius 2 is 1.88 bits per heavy atom. The normalized spacial score (nSPS) is 17.6. The molecule has 5 heteroatoms. The summed E-state index contributed by atoms with van der Waals surface area (Å²) in [6, 6.07) is 15.6. The second-order valence-electron chi connectivity index (χ2n) is 5.68. The van der Waals surface area contributed by atoms with Crippen LogP contribution in [0.4, 0.5) is 5.69 Å². The number of thioether (sulfide) groups is 1. The van der Waals surface area contributed by atoms with Crippen molar-refractivity contribution in [1.82, 2.24) is 4.90 Å². The highest BCUT2D eigenvalue weighted by Crippen LogP contribution is 2.34. The van der Waals surface area contributed by atoms with Gasteiger partial charge in [-0.05, 0) is 49.9 Å². The van der Waals surface area contributed by atoms with E-state index in [0.717, 1.165) is 17.0 Å². The molecule has 0 N–H and O–H groups in total. The Labute approximate surface area is 152 Å². The van der Waals surface area contributed by atoms with Crippen LogP contribution in [0.25, 0.3) is 6.08 Å². The highest BCUT2D eigenvalue weighted by atomic mass is 32.2. The van der Waals surface area contributed by atoms with Crippen molar-refractivity contribution < 1.29 is 9.53 Å². The summed E-state index contributed by atoms with van der Waals surface area (Å²) in [7, 11) is 1.75. The van der Waals surface area contributed by atoms with E-state index < -0.39 is 0 Å². The fraction of sp³-hybridized carbons (Fsp3) is 0.200. The highest BCUT2D eigenvalue weighted by molar-refractivity contribution is 8.18. The molecule has 0 aromatic heterocycles. The van der Waals surface area contributed by atoms with Gasteiger partial charge < -0.3 is 4.74 Å². The summed E-state index contributed by atoms with van der Waals surface area (Å²) in [6.45, 7) is 4.56. The number of amidine groups is 1. The van der Waals surface area contributed by atoms with E-state index in [2.05, 4.69) is 4.99 Å². The molecule has 0 aliphatic carbocycles. The van der Waals surface area contributed by atoms with Crippen LogP contribution in [-0.4, -0.2) is 29.6 Å². The predicted molar refractivity (Wildman–Crippen MR) is 104 cm³/mol. The molecule has 1 amide bonds. The first-order valence-corrected chi connectivity index (χ1v) is 8.95. The summed E-state index contributed by atoms with van der Waals surface area (Å²) in [4.78, 5) is 19.4. The van der Waals surface area contributed by atoms with Crippen molar-refractivity contribution in [1.29, 1.82) is 0 Å². The van der Waals surface area contributed by atoms with Gasteiger partial charge in [0.2, 0.25) is 0 Å². The molecule has 1 saturated heterocycles. The van der Waals surface area contributed by atoms with Crippen LogP contribution in [0, 0.1) is 6.92 Å². The number of nitrogens with zero attached hydrogens (tertiary/aromatic N) is 2. The summed E-state index contributed by atoms with van der Waals surface area (Å²) < 4.78 is 5.63. The van der Waals surface area contributed by atoms with Gasteiger partial charge in [-0.1, -0.05) is 35.9 Å². The van der Waals surface area contributed by atoms with Crippen molar-refractivity contribution in [3.8, 4) is 5.75 Å². The van der Waals surface area contributed by atoms with E-state index in [1.807, 2.05) is 68.5 Å². The Morgan fingerprint density at radius 1 is 1.16 bits per heavy atom. The van der Waals surface area contributed by atoms with E-state index in [-0.39, 0.29) is 5.91 Å². The molecule has 0 unspecified atom stereocenters. The van der Waals surface area contributed by atoms with Gasteiger partial charge in [-0.25, -0.2) is 4.99 Å². The first-order chi connectivity index (χ1) is 12.1. The minimum absolute atomic E-state index is 0.0536. The number of amides is 1. The van der Waals surface area contributed by atoms with Crippen molar-refractivity contribution in [3.05, 3.63) is 64.6 Å². The lowest BCUT2D eigenvalue weighted by Crippen LogP contribution is -2.23. The lowest BCUT2D eigenvalue weighted by molar-refractivity contribution is -0.121. The lowest BCUT2D eigenvalue weighted by Gasteiger charge is -2.07. The molecule has 2 aromatic rings. The van der Waals surface area contributed by atoms with Crippen LogP contribution in [0.1, 0.15) is 18.1 Å². The molecule has 1 aliphatic rings. The predicted octanol–water partition coefficient (Wildman–Crippen LogP) is 4.63. The van der Waals surface area contributed by atoms with Crippen molar-refractivity contribution in [2.75, 3.05) is 13.7 Å².